The zero-order valence-corrected chi connectivity index (χ0v) is 12.8. The van der Waals surface area contributed by atoms with Crippen molar-refractivity contribution in [2.24, 2.45) is 11.1 Å². The fourth-order valence-electron chi connectivity index (χ4n) is 2.73. The summed E-state index contributed by atoms with van der Waals surface area (Å²) in [5.74, 6) is 0. The van der Waals surface area contributed by atoms with Crippen LogP contribution in [0.15, 0.2) is 0 Å². The van der Waals surface area contributed by atoms with Crippen molar-refractivity contribution in [2.75, 3.05) is 19.6 Å². The number of likely N-dealkylation sites (tertiary alicyclic amines) is 1. The maximum Gasteiger partial charge on any atom is 0.00937 e. The third-order valence-corrected chi connectivity index (χ3v) is 4.23. The zero-order chi connectivity index (χ0) is 13.3. The van der Waals surface area contributed by atoms with E-state index in [-0.39, 0.29) is 0 Å². The summed E-state index contributed by atoms with van der Waals surface area (Å²) in [6.45, 7) is 14.7. The van der Waals surface area contributed by atoms with E-state index in [2.05, 4.69) is 39.5 Å². The Morgan fingerprint density at radius 1 is 1.06 bits per heavy atom. The lowest BCUT2D eigenvalue weighted by atomic mass is 9.70. The van der Waals surface area contributed by atoms with Crippen LogP contribution in [0.2, 0.25) is 0 Å². The summed E-state index contributed by atoms with van der Waals surface area (Å²) >= 11 is 0. The van der Waals surface area contributed by atoms with Crippen LogP contribution >= 0.6 is 0 Å². The maximum absolute atomic E-state index is 6.26. The monoisotopic (exact) mass is 242 g/mol. The van der Waals surface area contributed by atoms with Gasteiger partial charge in [0.25, 0.3) is 0 Å². The Morgan fingerprint density at radius 2 is 1.53 bits per heavy atom. The van der Waals surface area contributed by atoms with Crippen molar-refractivity contribution < 1.29 is 0 Å². The van der Waals surface area contributed by atoms with Crippen LogP contribution in [-0.2, 0) is 0 Å². The standard InChI is InChI=1S/C12H26N2.C3H8/c1-4-11(13)12(5-2)7-9-14(6-3)10-8-12;1-3-2/h11H,4-10,13H2,1-3H3;3H2,1-2H3. The SMILES string of the molecule is CCC.CCC(N)C1(CC)CCN(CC)CC1. The first kappa shape index (κ1) is 16.9. The van der Waals surface area contributed by atoms with E-state index in [0.29, 0.717) is 11.5 Å². The van der Waals surface area contributed by atoms with E-state index in [1.807, 2.05) is 0 Å². The molecule has 1 unspecified atom stereocenters. The van der Waals surface area contributed by atoms with Crippen molar-refractivity contribution in [3.8, 4) is 0 Å². The molecular formula is C15H34N2. The van der Waals surface area contributed by atoms with E-state index in [9.17, 15) is 0 Å². The second kappa shape index (κ2) is 8.93. The minimum Gasteiger partial charge on any atom is -0.327 e. The molecule has 1 aliphatic heterocycles. The molecule has 0 bridgehead atoms. The summed E-state index contributed by atoms with van der Waals surface area (Å²) in [7, 11) is 0. The van der Waals surface area contributed by atoms with Crippen LogP contribution in [0.3, 0.4) is 0 Å². The quantitative estimate of drug-likeness (QED) is 0.815. The molecule has 104 valence electrons. The van der Waals surface area contributed by atoms with Crippen LogP contribution < -0.4 is 5.73 Å². The molecule has 2 heteroatoms. The van der Waals surface area contributed by atoms with Crippen LogP contribution in [0, 0.1) is 5.41 Å². The average molecular weight is 242 g/mol. The molecule has 2 nitrogen and oxygen atoms in total. The number of hydrogen-bond donors (Lipinski definition) is 1. The van der Waals surface area contributed by atoms with Gasteiger partial charge in [-0.1, -0.05) is 41.0 Å². The third-order valence-electron chi connectivity index (χ3n) is 4.23. The van der Waals surface area contributed by atoms with Gasteiger partial charge in [0.15, 0.2) is 0 Å². The average Bonchev–Trinajstić information content (AvgIpc) is 2.38. The topological polar surface area (TPSA) is 29.3 Å². The Morgan fingerprint density at radius 3 is 1.82 bits per heavy atom. The van der Waals surface area contributed by atoms with Gasteiger partial charge in [-0.3, -0.25) is 0 Å². The van der Waals surface area contributed by atoms with E-state index in [0.717, 1.165) is 6.42 Å². The summed E-state index contributed by atoms with van der Waals surface area (Å²) in [6, 6.07) is 0.409. The number of hydrogen-bond acceptors (Lipinski definition) is 2. The molecule has 1 atom stereocenters. The normalized spacial score (nSPS) is 21.5. The Hall–Kier alpha value is -0.0800. The van der Waals surface area contributed by atoms with Gasteiger partial charge < -0.3 is 10.6 Å². The number of nitrogens with two attached hydrogens (primary N) is 1. The van der Waals surface area contributed by atoms with E-state index in [1.54, 1.807) is 0 Å². The highest BCUT2D eigenvalue weighted by atomic mass is 15.1. The van der Waals surface area contributed by atoms with Gasteiger partial charge in [0.1, 0.15) is 0 Å². The molecule has 0 aromatic heterocycles. The van der Waals surface area contributed by atoms with Crippen molar-refractivity contribution in [1.29, 1.82) is 0 Å². The molecule has 0 aromatic carbocycles. The van der Waals surface area contributed by atoms with Crippen LogP contribution in [0.25, 0.3) is 0 Å². The number of nitrogens with zero attached hydrogens (tertiary/aromatic N) is 1. The van der Waals surface area contributed by atoms with Crippen LogP contribution in [0.5, 0.6) is 0 Å². The molecule has 0 saturated carbocycles. The summed E-state index contributed by atoms with van der Waals surface area (Å²) in [6.07, 6.45) is 6.22. The number of rotatable bonds is 4. The lowest BCUT2D eigenvalue weighted by molar-refractivity contribution is 0.0766. The first-order valence-electron chi connectivity index (χ1n) is 7.58. The minimum atomic E-state index is 0.409. The molecule has 0 aromatic rings. The van der Waals surface area contributed by atoms with E-state index < -0.39 is 0 Å². The second-order valence-electron chi connectivity index (χ2n) is 5.37. The molecule has 1 saturated heterocycles. The molecule has 0 amide bonds. The highest BCUT2D eigenvalue weighted by molar-refractivity contribution is 4.92. The summed E-state index contributed by atoms with van der Waals surface area (Å²) < 4.78 is 0. The summed E-state index contributed by atoms with van der Waals surface area (Å²) in [5.41, 5.74) is 6.71. The van der Waals surface area contributed by atoms with Crippen LogP contribution in [0.4, 0.5) is 0 Å². The zero-order valence-electron chi connectivity index (χ0n) is 12.8. The molecular weight excluding hydrogens is 208 g/mol. The van der Waals surface area contributed by atoms with Crippen molar-refractivity contribution >= 4 is 0 Å². The van der Waals surface area contributed by atoms with Gasteiger partial charge in [0, 0.05) is 6.04 Å². The molecule has 0 radical (unpaired) electrons. The van der Waals surface area contributed by atoms with Gasteiger partial charge in [-0.25, -0.2) is 0 Å². The molecule has 1 fully saturated rings. The highest BCUT2D eigenvalue weighted by Crippen LogP contribution is 2.38. The van der Waals surface area contributed by atoms with Gasteiger partial charge >= 0.3 is 0 Å². The van der Waals surface area contributed by atoms with E-state index in [4.69, 9.17) is 5.73 Å². The predicted octanol–water partition coefficient (Wildman–Crippen LogP) is 3.65. The lowest BCUT2D eigenvalue weighted by Gasteiger charge is -2.44. The Labute approximate surface area is 109 Å². The molecule has 1 heterocycles. The van der Waals surface area contributed by atoms with Crippen LogP contribution in [0.1, 0.15) is 66.7 Å². The Balaban J connectivity index is 0.000000770. The first-order chi connectivity index (χ1) is 8.10. The van der Waals surface area contributed by atoms with Gasteiger partial charge in [-0.2, -0.15) is 0 Å². The Kier molecular flexibility index (Phi) is 8.89. The maximum atomic E-state index is 6.26. The largest absolute Gasteiger partial charge is 0.327 e. The number of piperidine rings is 1. The fraction of sp³-hybridized carbons (Fsp3) is 1.00. The van der Waals surface area contributed by atoms with Gasteiger partial charge in [-0.15, -0.1) is 0 Å². The molecule has 0 aliphatic carbocycles. The molecule has 1 rings (SSSR count). The smallest absolute Gasteiger partial charge is 0.00937 e. The van der Waals surface area contributed by atoms with Crippen molar-refractivity contribution in [2.45, 2.75) is 72.8 Å². The van der Waals surface area contributed by atoms with Crippen molar-refractivity contribution in [3.05, 3.63) is 0 Å². The minimum absolute atomic E-state index is 0.409. The van der Waals surface area contributed by atoms with Crippen molar-refractivity contribution in [3.63, 3.8) is 0 Å². The van der Waals surface area contributed by atoms with E-state index >= 15 is 0 Å². The van der Waals surface area contributed by atoms with E-state index in [1.165, 1.54) is 45.3 Å². The molecule has 17 heavy (non-hydrogen) atoms. The summed E-state index contributed by atoms with van der Waals surface area (Å²) in [5, 5.41) is 0. The lowest BCUT2D eigenvalue weighted by Crippen LogP contribution is -2.49. The van der Waals surface area contributed by atoms with Crippen molar-refractivity contribution in [1.82, 2.24) is 4.90 Å². The van der Waals surface area contributed by atoms with Gasteiger partial charge in [-0.05, 0) is 50.7 Å². The Bertz CT molecular complexity index is 172. The molecule has 1 aliphatic rings. The second-order valence-corrected chi connectivity index (χ2v) is 5.37. The molecule has 0 spiro atoms. The predicted molar refractivity (Wildman–Crippen MR) is 78.3 cm³/mol. The third kappa shape index (κ3) is 4.97. The van der Waals surface area contributed by atoms with Gasteiger partial charge in [0.2, 0.25) is 0 Å². The summed E-state index contributed by atoms with van der Waals surface area (Å²) in [4.78, 5) is 2.54. The van der Waals surface area contributed by atoms with Crippen LogP contribution in [-0.4, -0.2) is 30.6 Å². The molecule has 2 N–H and O–H groups in total. The fourth-order valence-corrected chi connectivity index (χ4v) is 2.73. The van der Waals surface area contributed by atoms with Gasteiger partial charge in [0.05, 0.1) is 0 Å². The highest BCUT2D eigenvalue weighted by Gasteiger charge is 2.36. The first-order valence-corrected chi connectivity index (χ1v) is 7.58.